The van der Waals surface area contributed by atoms with E-state index in [9.17, 15) is 9.59 Å². The molecule has 0 saturated heterocycles. The normalized spacial score (nSPS) is 25.2. The number of ether oxygens (including phenoxy) is 4. The molecular formula is C26H48N2O6. The number of carbonyl (C=O) groups excluding carboxylic acids is 2. The molecule has 198 valence electrons. The lowest BCUT2D eigenvalue weighted by Gasteiger charge is -2.32. The van der Waals surface area contributed by atoms with Gasteiger partial charge in [-0.2, -0.15) is 0 Å². The molecule has 0 bridgehead atoms. The third-order valence-corrected chi connectivity index (χ3v) is 6.34. The molecule has 0 aromatic carbocycles. The lowest BCUT2D eigenvalue weighted by Crippen LogP contribution is -2.40. The molecule has 0 unspecified atom stereocenters. The molecule has 2 rings (SSSR count). The lowest BCUT2D eigenvalue weighted by molar-refractivity contribution is -0.0864. The Labute approximate surface area is 206 Å². The zero-order valence-electron chi connectivity index (χ0n) is 21.8. The predicted molar refractivity (Wildman–Crippen MR) is 132 cm³/mol. The van der Waals surface area contributed by atoms with Crippen LogP contribution in [0.2, 0.25) is 0 Å². The van der Waals surface area contributed by atoms with Gasteiger partial charge in [0.25, 0.3) is 0 Å². The highest BCUT2D eigenvalue weighted by Gasteiger charge is 2.30. The molecule has 0 aromatic rings. The number of amides is 2. The van der Waals surface area contributed by atoms with Crippen molar-refractivity contribution in [3.05, 3.63) is 0 Å². The fourth-order valence-electron chi connectivity index (χ4n) is 4.75. The summed E-state index contributed by atoms with van der Waals surface area (Å²) in [6.45, 7) is 9.24. The first-order valence-electron chi connectivity index (χ1n) is 13.5. The Hall–Kier alpha value is -1.54. The van der Waals surface area contributed by atoms with Crippen LogP contribution in [0.3, 0.4) is 0 Å². The Morgan fingerprint density at radius 3 is 1.32 bits per heavy atom. The number of unbranched alkanes of at least 4 members (excludes halogenated alkanes) is 3. The van der Waals surface area contributed by atoms with Crippen LogP contribution in [0.4, 0.5) is 9.59 Å². The summed E-state index contributed by atoms with van der Waals surface area (Å²) in [5.41, 5.74) is 0. The van der Waals surface area contributed by atoms with Gasteiger partial charge in [-0.3, -0.25) is 0 Å². The fraction of sp³-hybridized carbons (Fsp3) is 0.923. The molecule has 0 aromatic heterocycles. The number of hydrogen-bond donors (Lipinski definition) is 2. The van der Waals surface area contributed by atoms with Crippen LogP contribution < -0.4 is 10.6 Å². The van der Waals surface area contributed by atoms with Crippen molar-refractivity contribution in [1.29, 1.82) is 0 Å². The summed E-state index contributed by atoms with van der Waals surface area (Å²) >= 11 is 0. The molecule has 2 aliphatic rings. The molecule has 0 spiro atoms. The van der Waals surface area contributed by atoms with E-state index in [0.29, 0.717) is 13.1 Å². The quantitative estimate of drug-likeness (QED) is 0.337. The first-order valence-corrected chi connectivity index (χ1v) is 13.5. The summed E-state index contributed by atoms with van der Waals surface area (Å²) in [5, 5.41) is 5.72. The van der Waals surface area contributed by atoms with Gasteiger partial charge in [0.1, 0.15) is 12.2 Å². The maximum atomic E-state index is 12.1. The van der Waals surface area contributed by atoms with E-state index in [-0.39, 0.29) is 48.8 Å². The van der Waals surface area contributed by atoms with Crippen molar-refractivity contribution in [2.24, 2.45) is 0 Å². The summed E-state index contributed by atoms with van der Waals surface area (Å²) in [5.74, 6) is 0. The van der Waals surface area contributed by atoms with Crippen LogP contribution in [-0.2, 0) is 18.9 Å². The molecule has 0 heterocycles. The van der Waals surface area contributed by atoms with Crippen molar-refractivity contribution in [2.45, 2.75) is 141 Å². The second kappa shape index (κ2) is 16.2. The average Bonchev–Trinajstić information content (AvgIpc) is 2.77. The molecular weight excluding hydrogens is 436 g/mol. The van der Waals surface area contributed by atoms with Gasteiger partial charge in [0.05, 0.1) is 24.4 Å². The van der Waals surface area contributed by atoms with Gasteiger partial charge in [0, 0.05) is 13.1 Å². The summed E-state index contributed by atoms with van der Waals surface area (Å²) in [4.78, 5) is 24.3. The summed E-state index contributed by atoms with van der Waals surface area (Å²) < 4.78 is 23.1. The Balaban J connectivity index is 1.49. The van der Waals surface area contributed by atoms with Crippen molar-refractivity contribution >= 4 is 12.2 Å². The molecule has 2 amide bonds. The van der Waals surface area contributed by atoms with Gasteiger partial charge < -0.3 is 29.6 Å². The van der Waals surface area contributed by atoms with E-state index in [2.05, 4.69) is 10.6 Å². The second-order valence-electron chi connectivity index (χ2n) is 10.2. The Kier molecular flexibility index (Phi) is 13.7. The van der Waals surface area contributed by atoms with E-state index in [1.165, 1.54) is 0 Å². The first-order chi connectivity index (χ1) is 16.3. The van der Waals surface area contributed by atoms with E-state index >= 15 is 0 Å². The molecule has 2 fully saturated rings. The minimum absolute atomic E-state index is 0.00502. The van der Waals surface area contributed by atoms with Gasteiger partial charge in [-0.05, 0) is 79.1 Å². The minimum Gasteiger partial charge on any atom is -0.443 e. The smallest absolute Gasteiger partial charge is 0.407 e. The van der Waals surface area contributed by atoms with E-state index in [0.717, 1.165) is 77.0 Å². The number of alkyl carbamates (subject to hydrolysis) is 2. The molecule has 2 aliphatic carbocycles. The zero-order chi connectivity index (χ0) is 24.8. The summed E-state index contributed by atoms with van der Waals surface area (Å²) in [6, 6.07) is 0. The SMILES string of the molecule is CC(C)O[C@@H]1CCCC[C@@H]1OC(=O)NCCCCCCNC(=O)O[C@H]1CCCC[C@H]1OC(C)C. The number of nitrogens with one attached hydrogen (secondary N) is 2. The predicted octanol–water partition coefficient (Wildman–Crippen LogP) is 5.47. The van der Waals surface area contributed by atoms with Gasteiger partial charge in [-0.15, -0.1) is 0 Å². The van der Waals surface area contributed by atoms with Crippen molar-refractivity contribution in [2.75, 3.05) is 13.1 Å². The van der Waals surface area contributed by atoms with E-state index < -0.39 is 0 Å². The third-order valence-electron chi connectivity index (χ3n) is 6.34. The Bertz CT molecular complexity index is 536. The standard InChI is InChI=1S/C26H48N2O6/c1-19(2)31-21-13-7-9-15-23(21)33-25(29)27-17-11-5-6-12-18-28-26(30)34-24-16-10-8-14-22(24)32-20(3)4/h19-24H,5-18H2,1-4H3,(H,27,29)(H,28,30)/t21-,22-,23+,24+/m1/s1. The van der Waals surface area contributed by atoms with Gasteiger partial charge in [0.2, 0.25) is 0 Å². The highest BCUT2D eigenvalue weighted by atomic mass is 16.6. The van der Waals surface area contributed by atoms with Crippen LogP contribution in [0.5, 0.6) is 0 Å². The molecule has 0 radical (unpaired) electrons. The van der Waals surface area contributed by atoms with Crippen LogP contribution >= 0.6 is 0 Å². The summed E-state index contributed by atoms with van der Waals surface area (Å²) in [6.07, 6.45) is 11.0. The lowest BCUT2D eigenvalue weighted by atomic mass is 9.94. The molecule has 8 nitrogen and oxygen atoms in total. The highest BCUT2D eigenvalue weighted by molar-refractivity contribution is 5.67. The van der Waals surface area contributed by atoms with Gasteiger partial charge in [0.15, 0.2) is 0 Å². The number of hydrogen-bond acceptors (Lipinski definition) is 6. The fourth-order valence-corrected chi connectivity index (χ4v) is 4.75. The third kappa shape index (κ3) is 11.7. The molecule has 2 N–H and O–H groups in total. The molecule has 34 heavy (non-hydrogen) atoms. The van der Waals surface area contributed by atoms with E-state index in [4.69, 9.17) is 18.9 Å². The topological polar surface area (TPSA) is 95.1 Å². The molecule has 8 heteroatoms. The van der Waals surface area contributed by atoms with Crippen molar-refractivity contribution in [1.82, 2.24) is 10.6 Å². The summed E-state index contributed by atoms with van der Waals surface area (Å²) in [7, 11) is 0. The van der Waals surface area contributed by atoms with Crippen LogP contribution in [0.1, 0.15) is 105 Å². The van der Waals surface area contributed by atoms with Crippen molar-refractivity contribution in [3.8, 4) is 0 Å². The first kappa shape index (κ1) is 28.7. The highest BCUT2D eigenvalue weighted by Crippen LogP contribution is 2.26. The molecule has 2 saturated carbocycles. The van der Waals surface area contributed by atoms with E-state index in [1.54, 1.807) is 0 Å². The van der Waals surface area contributed by atoms with Gasteiger partial charge in [-0.1, -0.05) is 25.7 Å². The van der Waals surface area contributed by atoms with Gasteiger partial charge >= 0.3 is 12.2 Å². The van der Waals surface area contributed by atoms with Crippen LogP contribution in [0.15, 0.2) is 0 Å². The minimum atomic E-state index is -0.351. The van der Waals surface area contributed by atoms with Crippen molar-refractivity contribution in [3.63, 3.8) is 0 Å². The Morgan fingerprint density at radius 1 is 0.618 bits per heavy atom. The maximum Gasteiger partial charge on any atom is 0.407 e. The van der Waals surface area contributed by atoms with Gasteiger partial charge in [-0.25, -0.2) is 9.59 Å². The average molecular weight is 485 g/mol. The van der Waals surface area contributed by atoms with Crippen molar-refractivity contribution < 1.29 is 28.5 Å². The second-order valence-corrected chi connectivity index (χ2v) is 10.2. The zero-order valence-corrected chi connectivity index (χ0v) is 21.8. The Morgan fingerprint density at radius 2 is 0.971 bits per heavy atom. The van der Waals surface area contributed by atoms with Crippen LogP contribution in [0.25, 0.3) is 0 Å². The van der Waals surface area contributed by atoms with Crippen LogP contribution in [0, 0.1) is 0 Å². The number of carbonyl (C=O) groups is 2. The largest absolute Gasteiger partial charge is 0.443 e. The monoisotopic (exact) mass is 484 g/mol. The number of rotatable bonds is 13. The van der Waals surface area contributed by atoms with E-state index in [1.807, 2.05) is 27.7 Å². The molecule has 4 atom stereocenters. The maximum absolute atomic E-state index is 12.1. The molecule has 0 aliphatic heterocycles. The van der Waals surface area contributed by atoms with Crippen LogP contribution in [-0.4, -0.2) is 61.9 Å².